The third kappa shape index (κ3) is 7.09. The van der Waals surface area contributed by atoms with Gasteiger partial charge in [-0.3, -0.25) is 13.9 Å². The number of rotatable bonds is 12. The highest BCUT2D eigenvalue weighted by molar-refractivity contribution is 7.92. The zero-order valence-electron chi connectivity index (χ0n) is 23.1. The van der Waals surface area contributed by atoms with Crippen molar-refractivity contribution in [3.05, 3.63) is 84.2 Å². The number of carbonyl (C=O) groups is 2. The molecule has 0 fully saturated rings. The molecule has 0 saturated heterocycles. The zero-order valence-corrected chi connectivity index (χ0v) is 23.9. The maximum Gasteiger partial charge on any atom is 0.264 e. The second-order valence-electron chi connectivity index (χ2n) is 9.31. The Balaban J connectivity index is 2.08. The molecule has 9 nitrogen and oxygen atoms in total. The lowest BCUT2D eigenvalue weighted by atomic mass is 10.1. The van der Waals surface area contributed by atoms with Crippen molar-refractivity contribution in [3.8, 4) is 11.5 Å². The van der Waals surface area contributed by atoms with Crippen molar-refractivity contribution < 1.29 is 31.9 Å². The van der Waals surface area contributed by atoms with Gasteiger partial charge in [-0.15, -0.1) is 0 Å². The molecule has 11 heteroatoms. The molecular weight excluding hydrogens is 537 g/mol. The van der Waals surface area contributed by atoms with Crippen LogP contribution in [0.25, 0.3) is 0 Å². The van der Waals surface area contributed by atoms with Crippen LogP contribution in [0.2, 0.25) is 0 Å². The van der Waals surface area contributed by atoms with Gasteiger partial charge >= 0.3 is 0 Å². The van der Waals surface area contributed by atoms with Crippen LogP contribution in [-0.2, 0) is 26.2 Å². The Hall–Kier alpha value is -4.12. The van der Waals surface area contributed by atoms with Crippen LogP contribution < -0.4 is 19.1 Å². The number of benzene rings is 3. The molecule has 0 heterocycles. The highest BCUT2D eigenvalue weighted by Crippen LogP contribution is 2.33. The number of carbonyl (C=O) groups excluding carboxylic acids is 2. The monoisotopic (exact) mass is 571 g/mol. The highest BCUT2D eigenvalue weighted by atomic mass is 32.2. The SMILES string of the molecule is COc1ccc(S(=O)(=O)N(CC(=O)N(Cc2ccccc2F)[C@H](C)C(=O)NC(C)C)c2ccccc2OC)cc1. The molecule has 214 valence electrons. The van der Waals surface area contributed by atoms with Crippen molar-refractivity contribution in [2.24, 2.45) is 0 Å². The van der Waals surface area contributed by atoms with Crippen LogP contribution in [0.5, 0.6) is 11.5 Å². The number of nitrogens with zero attached hydrogens (tertiary/aromatic N) is 2. The fourth-order valence-electron chi connectivity index (χ4n) is 4.02. The second-order valence-corrected chi connectivity index (χ2v) is 11.2. The molecule has 3 aromatic rings. The predicted octanol–water partition coefficient (Wildman–Crippen LogP) is 3.98. The van der Waals surface area contributed by atoms with E-state index < -0.39 is 40.2 Å². The van der Waals surface area contributed by atoms with Gasteiger partial charge in [-0.2, -0.15) is 0 Å². The van der Waals surface area contributed by atoms with Crippen LogP contribution in [0.4, 0.5) is 10.1 Å². The molecule has 1 atom stereocenters. The summed E-state index contributed by atoms with van der Waals surface area (Å²) in [6.07, 6.45) is 0. The number of ether oxygens (including phenoxy) is 2. The van der Waals surface area contributed by atoms with Crippen molar-refractivity contribution in [3.63, 3.8) is 0 Å². The van der Waals surface area contributed by atoms with Gasteiger partial charge in [-0.05, 0) is 63.2 Å². The van der Waals surface area contributed by atoms with Gasteiger partial charge in [0.15, 0.2) is 0 Å². The fourth-order valence-corrected chi connectivity index (χ4v) is 5.45. The molecule has 0 bridgehead atoms. The number of hydrogen-bond donors (Lipinski definition) is 1. The minimum Gasteiger partial charge on any atom is -0.497 e. The summed E-state index contributed by atoms with van der Waals surface area (Å²) >= 11 is 0. The number of methoxy groups -OCH3 is 2. The van der Waals surface area contributed by atoms with Crippen LogP contribution in [0.3, 0.4) is 0 Å². The van der Waals surface area contributed by atoms with Crippen molar-refractivity contribution in [1.82, 2.24) is 10.2 Å². The number of para-hydroxylation sites is 2. The maximum absolute atomic E-state index is 14.6. The van der Waals surface area contributed by atoms with Crippen molar-refractivity contribution in [2.75, 3.05) is 25.1 Å². The van der Waals surface area contributed by atoms with Crippen LogP contribution >= 0.6 is 0 Å². The van der Waals surface area contributed by atoms with Crippen LogP contribution in [-0.4, -0.2) is 58.0 Å². The molecule has 2 amide bonds. The molecule has 1 N–H and O–H groups in total. The Morgan fingerprint density at radius 3 is 2.12 bits per heavy atom. The van der Waals surface area contributed by atoms with Crippen molar-refractivity contribution in [1.29, 1.82) is 0 Å². The molecule has 0 radical (unpaired) electrons. The molecule has 0 aliphatic carbocycles. The maximum atomic E-state index is 14.6. The summed E-state index contributed by atoms with van der Waals surface area (Å²) in [5.74, 6) is -1.04. The van der Waals surface area contributed by atoms with E-state index in [9.17, 15) is 22.4 Å². The first-order chi connectivity index (χ1) is 19.0. The Morgan fingerprint density at radius 2 is 1.52 bits per heavy atom. The van der Waals surface area contributed by atoms with E-state index >= 15 is 0 Å². The quantitative estimate of drug-likeness (QED) is 0.353. The van der Waals surface area contributed by atoms with Gasteiger partial charge < -0.3 is 19.7 Å². The standard InChI is InChI=1S/C29H34FN3O6S/c1-20(2)31-29(35)21(3)32(18-22-10-6-7-11-25(22)30)28(34)19-33(26-12-8-9-13-27(26)39-5)40(36,37)24-16-14-23(38-4)15-17-24/h6-17,20-21H,18-19H2,1-5H3,(H,31,35)/t21-/m1/s1. The zero-order chi connectivity index (χ0) is 29.4. The van der Waals surface area contributed by atoms with E-state index in [2.05, 4.69) is 5.32 Å². The van der Waals surface area contributed by atoms with Crippen LogP contribution in [0.15, 0.2) is 77.7 Å². The number of nitrogens with one attached hydrogen (secondary N) is 1. The minimum atomic E-state index is -4.31. The van der Waals surface area contributed by atoms with Gasteiger partial charge in [-0.25, -0.2) is 12.8 Å². The Kier molecular flexibility index (Phi) is 10.1. The summed E-state index contributed by atoms with van der Waals surface area (Å²) in [4.78, 5) is 27.9. The predicted molar refractivity (Wildman–Crippen MR) is 150 cm³/mol. The molecule has 0 unspecified atom stereocenters. The van der Waals surface area contributed by atoms with Crippen LogP contribution in [0, 0.1) is 5.82 Å². The van der Waals surface area contributed by atoms with E-state index in [1.54, 1.807) is 38.1 Å². The Morgan fingerprint density at radius 1 is 0.900 bits per heavy atom. The van der Waals surface area contributed by atoms with Gasteiger partial charge in [0.1, 0.15) is 29.9 Å². The average Bonchev–Trinajstić information content (AvgIpc) is 2.94. The first-order valence-electron chi connectivity index (χ1n) is 12.6. The van der Waals surface area contributed by atoms with Gasteiger partial charge in [0.05, 0.1) is 24.8 Å². The van der Waals surface area contributed by atoms with E-state index in [-0.39, 0.29) is 34.5 Å². The van der Waals surface area contributed by atoms with E-state index in [0.29, 0.717) is 5.75 Å². The normalized spacial score (nSPS) is 12.0. The lowest BCUT2D eigenvalue weighted by Crippen LogP contribution is -2.52. The number of anilines is 1. The molecule has 0 aliphatic rings. The molecule has 0 aliphatic heterocycles. The minimum absolute atomic E-state index is 0.0849. The molecule has 0 spiro atoms. The number of amides is 2. The highest BCUT2D eigenvalue weighted by Gasteiger charge is 2.34. The first kappa shape index (κ1) is 30.4. The number of sulfonamides is 1. The van der Waals surface area contributed by atoms with Gasteiger partial charge in [0, 0.05) is 18.2 Å². The third-order valence-corrected chi connectivity index (χ3v) is 7.95. The molecule has 0 aromatic heterocycles. The van der Waals surface area contributed by atoms with Crippen LogP contribution in [0.1, 0.15) is 26.3 Å². The molecule has 40 heavy (non-hydrogen) atoms. The summed E-state index contributed by atoms with van der Waals surface area (Å²) in [6.45, 7) is 4.14. The van der Waals surface area contributed by atoms with E-state index in [1.165, 1.54) is 74.6 Å². The number of hydrogen-bond acceptors (Lipinski definition) is 6. The Labute approximate surface area is 234 Å². The summed E-state index contributed by atoms with van der Waals surface area (Å²) in [5.41, 5.74) is 0.307. The third-order valence-electron chi connectivity index (χ3n) is 6.18. The summed E-state index contributed by atoms with van der Waals surface area (Å²) in [7, 11) is -1.46. The molecule has 3 rings (SSSR count). The van der Waals surface area contributed by atoms with Crippen molar-refractivity contribution in [2.45, 2.75) is 44.3 Å². The first-order valence-corrected chi connectivity index (χ1v) is 14.1. The largest absolute Gasteiger partial charge is 0.497 e. The lowest BCUT2D eigenvalue weighted by Gasteiger charge is -2.32. The summed E-state index contributed by atoms with van der Waals surface area (Å²) in [6, 6.07) is 16.8. The van der Waals surface area contributed by atoms with Gasteiger partial charge in [0.25, 0.3) is 10.0 Å². The topological polar surface area (TPSA) is 105 Å². The molecular formula is C29H34FN3O6S. The lowest BCUT2D eigenvalue weighted by molar-refractivity contribution is -0.139. The fraction of sp³-hybridized carbons (Fsp3) is 0.310. The van der Waals surface area contributed by atoms with E-state index in [0.717, 1.165) is 4.31 Å². The Bertz CT molecular complexity index is 1430. The smallest absolute Gasteiger partial charge is 0.264 e. The van der Waals surface area contributed by atoms with E-state index in [1.807, 2.05) is 0 Å². The van der Waals surface area contributed by atoms with Gasteiger partial charge in [0.2, 0.25) is 11.8 Å². The summed E-state index contributed by atoms with van der Waals surface area (Å²) < 4.78 is 54.0. The second kappa shape index (κ2) is 13.3. The van der Waals surface area contributed by atoms with E-state index in [4.69, 9.17) is 9.47 Å². The van der Waals surface area contributed by atoms with Crippen molar-refractivity contribution >= 4 is 27.5 Å². The molecule has 3 aromatic carbocycles. The number of halogens is 1. The van der Waals surface area contributed by atoms with Gasteiger partial charge in [-0.1, -0.05) is 30.3 Å². The average molecular weight is 572 g/mol. The molecule has 0 saturated carbocycles. The summed E-state index contributed by atoms with van der Waals surface area (Å²) in [5, 5.41) is 2.76.